The van der Waals surface area contributed by atoms with E-state index in [9.17, 15) is 0 Å². The first-order valence-corrected chi connectivity index (χ1v) is 13.0. The van der Waals surface area contributed by atoms with Gasteiger partial charge in [-0.15, -0.1) is 0 Å². The van der Waals surface area contributed by atoms with E-state index in [1.54, 1.807) is 6.26 Å². The van der Waals surface area contributed by atoms with Gasteiger partial charge in [0, 0.05) is 18.6 Å². The van der Waals surface area contributed by atoms with Crippen LogP contribution < -0.4 is 0 Å². The first-order valence-electron chi connectivity index (χ1n) is 10.1. The number of hydrogen-bond acceptors (Lipinski definition) is 4. The molecular formula is C21H38O4Si. The smallest absolute Gasteiger partial charge is 0.192 e. The van der Waals surface area contributed by atoms with Crippen LogP contribution in [-0.4, -0.2) is 27.3 Å². The Morgan fingerprint density at radius 2 is 2.00 bits per heavy atom. The fourth-order valence-corrected chi connectivity index (χ4v) is 4.79. The van der Waals surface area contributed by atoms with Crippen LogP contribution in [0.3, 0.4) is 0 Å². The molecule has 0 amide bonds. The lowest BCUT2D eigenvalue weighted by atomic mass is 9.92. The average molecular weight is 383 g/mol. The van der Waals surface area contributed by atoms with Crippen molar-refractivity contribution < 1.29 is 18.3 Å². The van der Waals surface area contributed by atoms with E-state index in [2.05, 4.69) is 47.7 Å². The Labute approximate surface area is 160 Å². The standard InChI is InChI=1S/C21H38O4Si/c1-8-17(16(2)25-26(6,7)21(3,4)5)20(18-12-11-15-22-18)24-19-13-9-10-14-23-19/h11-12,15-17,19-20H,8-10,13-14H2,1-7H3/t16-,17+,19?,20-/m1/s1. The molecule has 4 nitrogen and oxygen atoms in total. The summed E-state index contributed by atoms with van der Waals surface area (Å²) in [6.07, 6.45) is 5.72. The maximum Gasteiger partial charge on any atom is 0.192 e. The van der Waals surface area contributed by atoms with Crippen molar-refractivity contribution >= 4 is 8.32 Å². The SMILES string of the molecule is CC[C@@H]([C@@H](C)O[Si](C)(C)C(C)(C)C)[C@@H](OC1CCCCO1)c1ccco1. The molecule has 5 heteroatoms. The van der Waals surface area contributed by atoms with E-state index in [0.717, 1.165) is 38.1 Å². The van der Waals surface area contributed by atoms with Crippen molar-refractivity contribution in [3.63, 3.8) is 0 Å². The molecule has 1 aromatic rings. The summed E-state index contributed by atoms with van der Waals surface area (Å²) in [6, 6.07) is 3.94. The number of rotatable bonds is 8. The Balaban J connectivity index is 2.17. The van der Waals surface area contributed by atoms with Crippen LogP contribution in [0.1, 0.15) is 72.2 Å². The molecule has 2 rings (SSSR count). The Morgan fingerprint density at radius 3 is 2.50 bits per heavy atom. The van der Waals surface area contributed by atoms with Crippen LogP contribution in [0, 0.1) is 5.92 Å². The van der Waals surface area contributed by atoms with E-state index in [1.165, 1.54) is 0 Å². The Bertz CT molecular complexity index is 515. The predicted molar refractivity (Wildman–Crippen MR) is 108 cm³/mol. The summed E-state index contributed by atoms with van der Waals surface area (Å²) in [4.78, 5) is 0. The molecule has 2 heterocycles. The normalized spacial score (nSPS) is 22.8. The first kappa shape index (κ1) is 21.7. The second-order valence-corrected chi connectivity index (χ2v) is 13.8. The minimum absolute atomic E-state index is 0.0968. The summed E-state index contributed by atoms with van der Waals surface area (Å²) in [6.45, 7) is 16.6. The Morgan fingerprint density at radius 1 is 1.27 bits per heavy atom. The van der Waals surface area contributed by atoms with Gasteiger partial charge in [-0.05, 0) is 62.9 Å². The average Bonchev–Trinajstić information content (AvgIpc) is 3.08. The maximum absolute atomic E-state index is 6.70. The highest BCUT2D eigenvalue weighted by atomic mass is 28.4. The minimum atomic E-state index is -1.85. The molecule has 1 aromatic heterocycles. The first-order chi connectivity index (χ1) is 12.2. The van der Waals surface area contributed by atoms with Gasteiger partial charge in [0.25, 0.3) is 0 Å². The van der Waals surface area contributed by atoms with E-state index >= 15 is 0 Å². The van der Waals surface area contributed by atoms with E-state index in [0.29, 0.717) is 0 Å². The second kappa shape index (κ2) is 9.05. The monoisotopic (exact) mass is 382 g/mol. The maximum atomic E-state index is 6.70. The minimum Gasteiger partial charge on any atom is -0.467 e. The molecule has 150 valence electrons. The van der Waals surface area contributed by atoms with Crippen molar-refractivity contribution in [2.45, 2.75) is 96.9 Å². The molecule has 0 aromatic carbocycles. The quantitative estimate of drug-likeness (QED) is 0.495. The highest BCUT2D eigenvalue weighted by molar-refractivity contribution is 6.74. The van der Waals surface area contributed by atoms with Crippen LogP contribution in [-0.2, 0) is 13.9 Å². The highest BCUT2D eigenvalue weighted by Crippen LogP contribution is 2.41. The summed E-state index contributed by atoms with van der Waals surface area (Å²) < 4.78 is 24.7. The molecule has 1 aliphatic heterocycles. The largest absolute Gasteiger partial charge is 0.467 e. The van der Waals surface area contributed by atoms with Crippen molar-refractivity contribution in [1.82, 2.24) is 0 Å². The zero-order valence-corrected chi connectivity index (χ0v) is 18.7. The lowest BCUT2D eigenvalue weighted by Crippen LogP contribution is -2.46. The van der Waals surface area contributed by atoms with Gasteiger partial charge in [-0.2, -0.15) is 0 Å². The summed E-state index contributed by atoms with van der Waals surface area (Å²) in [5.41, 5.74) is 0. The van der Waals surface area contributed by atoms with Gasteiger partial charge in [0.2, 0.25) is 0 Å². The lowest BCUT2D eigenvalue weighted by molar-refractivity contribution is -0.210. The third-order valence-electron chi connectivity index (χ3n) is 6.01. The summed E-state index contributed by atoms with van der Waals surface area (Å²) in [5, 5.41) is 0.188. The molecule has 1 fully saturated rings. The molecule has 1 saturated heterocycles. The molecule has 4 atom stereocenters. The lowest BCUT2D eigenvalue weighted by Gasteiger charge is -2.42. The summed E-state index contributed by atoms with van der Waals surface area (Å²) >= 11 is 0. The molecule has 1 unspecified atom stereocenters. The van der Waals surface area contributed by atoms with Crippen molar-refractivity contribution in [2.75, 3.05) is 6.61 Å². The van der Waals surface area contributed by atoms with Crippen molar-refractivity contribution in [1.29, 1.82) is 0 Å². The van der Waals surface area contributed by atoms with Gasteiger partial charge in [0.05, 0.1) is 6.26 Å². The Kier molecular flexibility index (Phi) is 7.54. The fraction of sp³-hybridized carbons (Fsp3) is 0.810. The third-order valence-corrected chi connectivity index (χ3v) is 10.6. The molecule has 1 aliphatic rings. The third kappa shape index (κ3) is 5.44. The van der Waals surface area contributed by atoms with Gasteiger partial charge in [0.1, 0.15) is 11.9 Å². The van der Waals surface area contributed by atoms with Gasteiger partial charge >= 0.3 is 0 Å². The van der Waals surface area contributed by atoms with Gasteiger partial charge in [0.15, 0.2) is 14.6 Å². The number of hydrogen-bond donors (Lipinski definition) is 0. The Hall–Kier alpha value is -0.623. The van der Waals surface area contributed by atoms with Crippen LogP contribution >= 0.6 is 0 Å². The topological polar surface area (TPSA) is 40.8 Å². The van der Waals surface area contributed by atoms with Crippen LogP contribution in [0.25, 0.3) is 0 Å². The molecule has 0 saturated carbocycles. The van der Waals surface area contributed by atoms with E-state index in [4.69, 9.17) is 18.3 Å². The molecule has 0 radical (unpaired) electrons. The molecule has 0 bridgehead atoms. The van der Waals surface area contributed by atoms with E-state index < -0.39 is 8.32 Å². The van der Waals surface area contributed by atoms with Crippen LogP contribution in [0.2, 0.25) is 18.1 Å². The number of furan rings is 1. The molecule has 0 spiro atoms. The molecule has 0 aliphatic carbocycles. The zero-order valence-electron chi connectivity index (χ0n) is 17.7. The van der Waals surface area contributed by atoms with Crippen LogP contribution in [0.15, 0.2) is 22.8 Å². The van der Waals surface area contributed by atoms with Gasteiger partial charge in [-0.25, -0.2) is 0 Å². The fourth-order valence-electron chi connectivity index (χ4n) is 3.34. The highest BCUT2D eigenvalue weighted by Gasteiger charge is 2.41. The van der Waals surface area contributed by atoms with Crippen molar-refractivity contribution in [2.24, 2.45) is 5.92 Å². The van der Waals surface area contributed by atoms with Crippen LogP contribution in [0.4, 0.5) is 0 Å². The number of ether oxygens (including phenoxy) is 2. The van der Waals surface area contributed by atoms with Crippen LogP contribution in [0.5, 0.6) is 0 Å². The molecule has 26 heavy (non-hydrogen) atoms. The molecule has 0 N–H and O–H groups in total. The molecular weight excluding hydrogens is 344 g/mol. The van der Waals surface area contributed by atoms with Crippen molar-refractivity contribution in [3.8, 4) is 0 Å². The van der Waals surface area contributed by atoms with Gasteiger partial charge in [-0.3, -0.25) is 0 Å². The summed E-state index contributed by atoms with van der Waals surface area (Å²) in [5.74, 6) is 1.09. The van der Waals surface area contributed by atoms with Gasteiger partial charge < -0.3 is 18.3 Å². The summed E-state index contributed by atoms with van der Waals surface area (Å²) in [7, 11) is -1.85. The zero-order chi connectivity index (χ0) is 19.4. The second-order valence-electron chi connectivity index (χ2n) is 9.02. The van der Waals surface area contributed by atoms with E-state index in [-0.39, 0.29) is 29.5 Å². The van der Waals surface area contributed by atoms with Gasteiger partial charge in [-0.1, -0.05) is 27.7 Å². The predicted octanol–water partition coefficient (Wildman–Crippen LogP) is 6.30. The van der Waals surface area contributed by atoms with E-state index in [1.807, 2.05) is 12.1 Å². The van der Waals surface area contributed by atoms with Crippen molar-refractivity contribution in [3.05, 3.63) is 24.2 Å².